The Labute approximate surface area is 120 Å². The first-order valence-corrected chi connectivity index (χ1v) is 6.75. The number of nitrogens with zero attached hydrogens (tertiary/aromatic N) is 1. The highest BCUT2D eigenvalue weighted by atomic mass is 19.1. The second-order valence-corrected chi connectivity index (χ2v) is 5.58. The van der Waals surface area contributed by atoms with Crippen LogP contribution >= 0.6 is 0 Å². The van der Waals surface area contributed by atoms with E-state index in [0.717, 1.165) is 5.69 Å². The summed E-state index contributed by atoms with van der Waals surface area (Å²) >= 11 is 0. The van der Waals surface area contributed by atoms with E-state index in [9.17, 15) is 9.50 Å². The summed E-state index contributed by atoms with van der Waals surface area (Å²) in [6.45, 7) is 5.59. The van der Waals surface area contributed by atoms with Crippen molar-refractivity contribution in [1.29, 1.82) is 0 Å². The lowest BCUT2D eigenvalue weighted by molar-refractivity contribution is 0.0885. The first kappa shape index (κ1) is 16.9. The van der Waals surface area contributed by atoms with Gasteiger partial charge in [-0.25, -0.2) is 4.39 Å². The van der Waals surface area contributed by atoms with E-state index in [1.807, 2.05) is 18.0 Å². The van der Waals surface area contributed by atoms with Crippen LogP contribution in [0, 0.1) is 5.82 Å². The van der Waals surface area contributed by atoms with Gasteiger partial charge in [-0.3, -0.25) is 0 Å². The number of halogens is 1. The van der Waals surface area contributed by atoms with Crippen LogP contribution in [0.2, 0.25) is 0 Å². The Hall–Kier alpha value is -1.17. The zero-order valence-corrected chi connectivity index (χ0v) is 12.7. The van der Waals surface area contributed by atoms with Crippen molar-refractivity contribution in [2.45, 2.75) is 26.0 Å². The second-order valence-electron chi connectivity index (χ2n) is 5.58. The van der Waals surface area contributed by atoms with E-state index >= 15 is 0 Å². The molecule has 0 spiro atoms. The molecule has 0 saturated heterocycles. The van der Waals surface area contributed by atoms with Gasteiger partial charge in [0.2, 0.25) is 0 Å². The molecule has 4 nitrogen and oxygen atoms in total. The fourth-order valence-electron chi connectivity index (χ4n) is 2.13. The Kier molecular flexibility index (Phi) is 6.39. The number of methoxy groups -OCH3 is 1. The third kappa shape index (κ3) is 5.45. The SMILES string of the molecule is COCCNCc1c(F)cccc1N(C)CC(C)(C)O. The van der Waals surface area contributed by atoms with Crippen LogP contribution in [0.3, 0.4) is 0 Å². The number of hydrogen-bond acceptors (Lipinski definition) is 4. The third-order valence-corrected chi connectivity index (χ3v) is 2.91. The third-order valence-electron chi connectivity index (χ3n) is 2.91. The van der Waals surface area contributed by atoms with Gasteiger partial charge in [0.1, 0.15) is 5.82 Å². The van der Waals surface area contributed by atoms with Crippen molar-refractivity contribution in [3.63, 3.8) is 0 Å². The van der Waals surface area contributed by atoms with E-state index in [1.165, 1.54) is 6.07 Å². The van der Waals surface area contributed by atoms with Gasteiger partial charge in [0.15, 0.2) is 0 Å². The first-order chi connectivity index (χ1) is 9.35. The summed E-state index contributed by atoms with van der Waals surface area (Å²) < 4.78 is 18.9. The molecule has 2 N–H and O–H groups in total. The summed E-state index contributed by atoms with van der Waals surface area (Å²) in [6.07, 6.45) is 0. The Morgan fingerprint density at radius 2 is 2.10 bits per heavy atom. The maximum Gasteiger partial charge on any atom is 0.129 e. The Morgan fingerprint density at radius 1 is 1.40 bits per heavy atom. The highest BCUT2D eigenvalue weighted by Gasteiger charge is 2.19. The molecule has 0 aromatic heterocycles. The Balaban J connectivity index is 2.81. The van der Waals surface area contributed by atoms with Gasteiger partial charge in [0.25, 0.3) is 0 Å². The lowest BCUT2D eigenvalue weighted by Gasteiger charge is -2.29. The summed E-state index contributed by atoms with van der Waals surface area (Å²) in [5.41, 5.74) is 0.564. The number of rotatable bonds is 8. The minimum Gasteiger partial charge on any atom is -0.389 e. The first-order valence-electron chi connectivity index (χ1n) is 6.75. The number of anilines is 1. The molecule has 1 rings (SSSR count). The van der Waals surface area contributed by atoms with Crippen LogP contribution in [0.1, 0.15) is 19.4 Å². The summed E-state index contributed by atoms with van der Waals surface area (Å²) in [7, 11) is 3.48. The fourth-order valence-corrected chi connectivity index (χ4v) is 2.13. The highest BCUT2D eigenvalue weighted by Crippen LogP contribution is 2.23. The van der Waals surface area contributed by atoms with Crippen molar-refractivity contribution in [3.05, 3.63) is 29.6 Å². The zero-order valence-electron chi connectivity index (χ0n) is 12.7. The number of likely N-dealkylation sites (N-methyl/N-ethyl adjacent to an activating group) is 1. The Bertz CT molecular complexity index is 419. The molecule has 0 aliphatic carbocycles. The molecule has 20 heavy (non-hydrogen) atoms. The van der Waals surface area contributed by atoms with Gasteiger partial charge >= 0.3 is 0 Å². The Morgan fingerprint density at radius 3 is 2.70 bits per heavy atom. The van der Waals surface area contributed by atoms with Gasteiger partial charge in [-0.15, -0.1) is 0 Å². The van der Waals surface area contributed by atoms with E-state index in [2.05, 4.69) is 5.32 Å². The molecule has 0 fully saturated rings. The van der Waals surface area contributed by atoms with Gasteiger partial charge in [0, 0.05) is 45.0 Å². The van der Waals surface area contributed by atoms with Crippen molar-refractivity contribution in [2.75, 3.05) is 38.8 Å². The molecule has 5 heteroatoms. The topological polar surface area (TPSA) is 44.7 Å². The summed E-state index contributed by atoms with van der Waals surface area (Å²) in [5, 5.41) is 13.0. The maximum atomic E-state index is 14.0. The monoisotopic (exact) mass is 284 g/mol. The minimum atomic E-state index is -0.832. The van der Waals surface area contributed by atoms with Crippen molar-refractivity contribution in [3.8, 4) is 0 Å². The van der Waals surface area contributed by atoms with Crippen LogP contribution < -0.4 is 10.2 Å². The molecule has 0 bridgehead atoms. The predicted molar refractivity (Wildman–Crippen MR) is 79.6 cm³/mol. The minimum absolute atomic E-state index is 0.241. The molecule has 0 saturated carbocycles. The molecule has 1 aromatic carbocycles. The molecule has 114 valence electrons. The quantitative estimate of drug-likeness (QED) is 0.714. The predicted octanol–water partition coefficient (Wildman–Crippen LogP) is 1.77. The number of hydrogen-bond donors (Lipinski definition) is 2. The van der Waals surface area contributed by atoms with Gasteiger partial charge in [0.05, 0.1) is 12.2 Å². The van der Waals surface area contributed by atoms with Gasteiger partial charge < -0.3 is 20.1 Å². The lowest BCUT2D eigenvalue weighted by atomic mass is 10.1. The van der Waals surface area contributed by atoms with E-state index in [1.54, 1.807) is 27.0 Å². The summed E-state index contributed by atoms with van der Waals surface area (Å²) in [4.78, 5) is 1.87. The molecule has 0 atom stereocenters. The average Bonchev–Trinajstić information content (AvgIpc) is 2.34. The van der Waals surface area contributed by atoms with E-state index in [4.69, 9.17) is 4.74 Å². The number of aliphatic hydroxyl groups is 1. The van der Waals surface area contributed by atoms with Crippen LogP contribution in [-0.2, 0) is 11.3 Å². The fraction of sp³-hybridized carbons (Fsp3) is 0.600. The molecule has 0 radical (unpaired) electrons. The van der Waals surface area contributed by atoms with Gasteiger partial charge in [-0.1, -0.05) is 6.07 Å². The van der Waals surface area contributed by atoms with E-state index < -0.39 is 5.60 Å². The lowest BCUT2D eigenvalue weighted by Crippen LogP contribution is -2.37. The van der Waals surface area contributed by atoms with Crippen LogP contribution in [0.15, 0.2) is 18.2 Å². The smallest absolute Gasteiger partial charge is 0.129 e. The van der Waals surface area contributed by atoms with Crippen LogP contribution in [-0.4, -0.2) is 44.6 Å². The number of ether oxygens (including phenoxy) is 1. The standard InChI is InChI=1S/C15H25FN2O2/c1-15(2,19)11-18(3)14-7-5-6-13(16)12(14)10-17-8-9-20-4/h5-7,17,19H,8-11H2,1-4H3. The molecule has 0 heterocycles. The van der Waals surface area contributed by atoms with Crippen molar-refractivity contribution in [1.82, 2.24) is 5.32 Å². The van der Waals surface area contributed by atoms with Gasteiger partial charge in [-0.05, 0) is 26.0 Å². The molecule has 0 aliphatic heterocycles. The molecule has 1 aromatic rings. The highest BCUT2D eigenvalue weighted by molar-refractivity contribution is 5.54. The largest absolute Gasteiger partial charge is 0.389 e. The maximum absolute atomic E-state index is 14.0. The van der Waals surface area contributed by atoms with Gasteiger partial charge in [-0.2, -0.15) is 0 Å². The molecule has 0 amide bonds. The van der Waals surface area contributed by atoms with Crippen molar-refractivity contribution >= 4 is 5.69 Å². The number of benzene rings is 1. The zero-order chi connectivity index (χ0) is 15.2. The van der Waals surface area contributed by atoms with E-state index in [-0.39, 0.29) is 5.82 Å². The molecular weight excluding hydrogens is 259 g/mol. The van der Waals surface area contributed by atoms with Crippen LogP contribution in [0.4, 0.5) is 10.1 Å². The summed E-state index contributed by atoms with van der Waals surface area (Å²) in [5.74, 6) is -0.241. The molecular formula is C15H25FN2O2. The average molecular weight is 284 g/mol. The van der Waals surface area contributed by atoms with Crippen molar-refractivity contribution in [2.24, 2.45) is 0 Å². The second kappa shape index (κ2) is 7.57. The van der Waals surface area contributed by atoms with E-state index in [0.29, 0.717) is 31.8 Å². The molecule has 0 unspecified atom stereocenters. The molecule has 0 aliphatic rings. The number of nitrogens with one attached hydrogen (secondary N) is 1. The van der Waals surface area contributed by atoms with Crippen LogP contribution in [0.25, 0.3) is 0 Å². The summed E-state index contributed by atoms with van der Waals surface area (Å²) in [6, 6.07) is 5.00. The van der Waals surface area contributed by atoms with Crippen molar-refractivity contribution < 1.29 is 14.2 Å². The normalized spacial score (nSPS) is 11.7. The van der Waals surface area contributed by atoms with Crippen LogP contribution in [0.5, 0.6) is 0 Å².